The van der Waals surface area contributed by atoms with Gasteiger partial charge in [0.05, 0.1) is 19.8 Å². The lowest BCUT2D eigenvalue weighted by molar-refractivity contribution is -0.133. The highest BCUT2D eigenvalue weighted by molar-refractivity contribution is 5.80. The standard InChI is InChI=1S/C15H30N2O4/c1-4-20-9-10-21-13(2)14(18)17-11-15(12-19-3)5-7-16-8-6-15/h13,16H,4-12H2,1-3H3,(H,17,18). The van der Waals surface area contributed by atoms with E-state index in [0.29, 0.717) is 33.0 Å². The van der Waals surface area contributed by atoms with E-state index in [2.05, 4.69) is 10.6 Å². The minimum absolute atomic E-state index is 0.0424. The van der Waals surface area contributed by atoms with Gasteiger partial charge in [-0.2, -0.15) is 0 Å². The van der Waals surface area contributed by atoms with Gasteiger partial charge in [-0.3, -0.25) is 4.79 Å². The van der Waals surface area contributed by atoms with E-state index in [1.165, 1.54) is 0 Å². The summed E-state index contributed by atoms with van der Waals surface area (Å²) in [5, 5.41) is 6.35. The van der Waals surface area contributed by atoms with E-state index in [4.69, 9.17) is 14.2 Å². The predicted octanol–water partition coefficient (Wildman–Crippen LogP) is 0.560. The van der Waals surface area contributed by atoms with Crippen molar-refractivity contribution in [2.75, 3.05) is 53.2 Å². The van der Waals surface area contributed by atoms with Crippen LogP contribution in [-0.4, -0.2) is 65.2 Å². The molecule has 6 nitrogen and oxygen atoms in total. The Morgan fingerprint density at radius 1 is 1.33 bits per heavy atom. The molecule has 1 rings (SSSR count). The summed E-state index contributed by atoms with van der Waals surface area (Å²) < 4.78 is 16.0. The fourth-order valence-electron chi connectivity index (χ4n) is 2.56. The minimum atomic E-state index is -0.452. The maximum absolute atomic E-state index is 12.1. The molecule has 1 heterocycles. The Morgan fingerprint density at radius 3 is 2.67 bits per heavy atom. The summed E-state index contributed by atoms with van der Waals surface area (Å²) in [5.74, 6) is -0.0690. The highest BCUT2D eigenvalue weighted by Crippen LogP contribution is 2.28. The van der Waals surface area contributed by atoms with Crippen molar-refractivity contribution in [3.8, 4) is 0 Å². The van der Waals surface area contributed by atoms with Crippen LogP contribution in [0, 0.1) is 5.41 Å². The van der Waals surface area contributed by atoms with Crippen LogP contribution >= 0.6 is 0 Å². The molecule has 0 aromatic rings. The third kappa shape index (κ3) is 6.74. The van der Waals surface area contributed by atoms with Gasteiger partial charge in [-0.25, -0.2) is 0 Å². The van der Waals surface area contributed by atoms with Gasteiger partial charge in [0.1, 0.15) is 6.10 Å². The highest BCUT2D eigenvalue weighted by Gasteiger charge is 2.32. The van der Waals surface area contributed by atoms with E-state index in [-0.39, 0.29) is 11.3 Å². The Hall–Kier alpha value is -0.690. The van der Waals surface area contributed by atoms with Crippen LogP contribution in [0.25, 0.3) is 0 Å². The summed E-state index contributed by atoms with van der Waals surface area (Å²) in [7, 11) is 1.71. The smallest absolute Gasteiger partial charge is 0.248 e. The molecule has 1 amide bonds. The number of carbonyl (C=O) groups is 1. The van der Waals surface area contributed by atoms with Crippen molar-refractivity contribution < 1.29 is 19.0 Å². The number of piperidine rings is 1. The Labute approximate surface area is 127 Å². The third-order valence-electron chi connectivity index (χ3n) is 3.92. The first-order valence-corrected chi connectivity index (χ1v) is 7.80. The maximum Gasteiger partial charge on any atom is 0.248 e. The summed E-state index contributed by atoms with van der Waals surface area (Å²) in [4.78, 5) is 12.1. The lowest BCUT2D eigenvalue weighted by atomic mass is 9.79. The first-order chi connectivity index (χ1) is 10.1. The number of hydrogen-bond acceptors (Lipinski definition) is 5. The molecule has 1 atom stereocenters. The summed E-state index contributed by atoms with van der Waals surface area (Å²) >= 11 is 0. The van der Waals surface area contributed by atoms with Gasteiger partial charge in [0.2, 0.25) is 5.91 Å². The number of ether oxygens (including phenoxy) is 3. The normalized spacial score (nSPS) is 19.2. The third-order valence-corrected chi connectivity index (χ3v) is 3.92. The van der Waals surface area contributed by atoms with Crippen LogP contribution in [0.15, 0.2) is 0 Å². The molecule has 0 saturated carbocycles. The molecule has 0 aliphatic carbocycles. The molecule has 0 spiro atoms. The molecule has 0 bridgehead atoms. The van der Waals surface area contributed by atoms with Gasteiger partial charge in [0.25, 0.3) is 0 Å². The number of amides is 1. The molecule has 1 aliphatic heterocycles. The maximum atomic E-state index is 12.1. The predicted molar refractivity (Wildman–Crippen MR) is 81.3 cm³/mol. The van der Waals surface area contributed by atoms with E-state index < -0.39 is 6.10 Å². The molecule has 0 aromatic heterocycles. The number of carbonyl (C=O) groups excluding carboxylic acids is 1. The Kier molecular flexibility index (Phi) is 8.84. The Bertz CT molecular complexity index is 288. The average Bonchev–Trinajstić information content (AvgIpc) is 2.50. The number of nitrogens with one attached hydrogen (secondary N) is 2. The molecule has 6 heteroatoms. The van der Waals surface area contributed by atoms with Crippen molar-refractivity contribution in [1.82, 2.24) is 10.6 Å². The van der Waals surface area contributed by atoms with Crippen molar-refractivity contribution in [2.45, 2.75) is 32.8 Å². The molecule has 0 aromatic carbocycles. The van der Waals surface area contributed by atoms with Gasteiger partial charge in [-0.05, 0) is 39.8 Å². The first kappa shape index (κ1) is 18.4. The number of hydrogen-bond donors (Lipinski definition) is 2. The van der Waals surface area contributed by atoms with Crippen molar-refractivity contribution >= 4 is 5.91 Å². The Balaban J connectivity index is 2.31. The first-order valence-electron chi connectivity index (χ1n) is 7.80. The minimum Gasteiger partial charge on any atom is -0.384 e. The van der Waals surface area contributed by atoms with Crippen LogP contribution in [0.4, 0.5) is 0 Å². The molecule has 2 N–H and O–H groups in total. The van der Waals surface area contributed by atoms with Gasteiger partial charge in [-0.1, -0.05) is 0 Å². The van der Waals surface area contributed by atoms with Crippen LogP contribution in [0.5, 0.6) is 0 Å². The zero-order valence-corrected chi connectivity index (χ0v) is 13.6. The summed E-state index contributed by atoms with van der Waals surface area (Å²) in [6.45, 7) is 8.59. The van der Waals surface area contributed by atoms with E-state index in [9.17, 15) is 4.79 Å². The molecular weight excluding hydrogens is 272 g/mol. The van der Waals surface area contributed by atoms with E-state index in [1.807, 2.05) is 6.92 Å². The SMILES string of the molecule is CCOCCOC(C)C(=O)NCC1(COC)CCNCC1. The zero-order valence-electron chi connectivity index (χ0n) is 13.6. The second-order valence-electron chi connectivity index (χ2n) is 5.61. The fourth-order valence-corrected chi connectivity index (χ4v) is 2.56. The molecule has 1 fully saturated rings. The molecular formula is C15H30N2O4. The highest BCUT2D eigenvalue weighted by atomic mass is 16.5. The monoisotopic (exact) mass is 302 g/mol. The van der Waals surface area contributed by atoms with Crippen molar-refractivity contribution in [1.29, 1.82) is 0 Å². The van der Waals surface area contributed by atoms with Crippen LogP contribution in [-0.2, 0) is 19.0 Å². The van der Waals surface area contributed by atoms with Gasteiger partial charge in [0, 0.05) is 25.7 Å². The molecule has 124 valence electrons. The van der Waals surface area contributed by atoms with E-state index in [1.54, 1.807) is 14.0 Å². The largest absolute Gasteiger partial charge is 0.384 e. The quantitative estimate of drug-likeness (QED) is 0.577. The lowest BCUT2D eigenvalue weighted by Crippen LogP contribution is -2.49. The summed E-state index contributed by atoms with van der Waals surface area (Å²) in [5.41, 5.74) is 0.0424. The van der Waals surface area contributed by atoms with Crippen molar-refractivity contribution in [2.24, 2.45) is 5.41 Å². The van der Waals surface area contributed by atoms with Gasteiger partial charge >= 0.3 is 0 Å². The lowest BCUT2D eigenvalue weighted by Gasteiger charge is -2.37. The van der Waals surface area contributed by atoms with Gasteiger partial charge in [-0.15, -0.1) is 0 Å². The number of rotatable bonds is 10. The number of methoxy groups -OCH3 is 1. The van der Waals surface area contributed by atoms with Crippen molar-refractivity contribution in [3.63, 3.8) is 0 Å². The van der Waals surface area contributed by atoms with Crippen molar-refractivity contribution in [3.05, 3.63) is 0 Å². The van der Waals surface area contributed by atoms with E-state index in [0.717, 1.165) is 25.9 Å². The second kappa shape index (κ2) is 10.1. The summed E-state index contributed by atoms with van der Waals surface area (Å²) in [6.07, 6.45) is 1.58. The van der Waals surface area contributed by atoms with Gasteiger partial charge < -0.3 is 24.8 Å². The van der Waals surface area contributed by atoms with Crippen LogP contribution in [0.2, 0.25) is 0 Å². The summed E-state index contributed by atoms with van der Waals surface area (Å²) in [6, 6.07) is 0. The second-order valence-corrected chi connectivity index (χ2v) is 5.61. The van der Waals surface area contributed by atoms with Crippen LogP contribution in [0.3, 0.4) is 0 Å². The Morgan fingerprint density at radius 2 is 2.05 bits per heavy atom. The van der Waals surface area contributed by atoms with Gasteiger partial charge in [0.15, 0.2) is 0 Å². The molecule has 21 heavy (non-hydrogen) atoms. The molecule has 1 aliphatic rings. The zero-order chi connectivity index (χ0) is 15.6. The topological polar surface area (TPSA) is 68.8 Å². The molecule has 0 radical (unpaired) electrons. The fraction of sp³-hybridized carbons (Fsp3) is 0.933. The van der Waals surface area contributed by atoms with E-state index >= 15 is 0 Å². The average molecular weight is 302 g/mol. The van der Waals surface area contributed by atoms with Crippen LogP contribution < -0.4 is 10.6 Å². The molecule has 1 saturated heterocycles. The van der Waals surface area contributed by atoms with Crippen LogP contribution in [0.1, 0.15) is 26.7 Å². The molecule has 1 unspecified atom stereocenters.